The normalized spacial score (nSPS) is 15.8. The number of hydrogen-bond donors (Lipinski definition) is 0. The van der Waals surface area contributed by atoms with Gasteiger partial charge in [0.25, 0.3) is 11.8 Å². The molecular weight excluding hydrogens is 258 g/mol. The van der Waals surface area contributed by atoms with Gasteiger partial charge in [-0.25, -0.2) is 4.79 Å². The molecule has 1 aliphatic rings. The summed E-state index contributed by atoms with van der Waals surface area (Å²) in [5.74, 6) is -1.36. The molecule has 1 heterocycles. The quantitative estimate of drug-likeness (QED) is 0.507. The van der Waals surface area contributed by atoms with Gasteiger partial charge in [0.1, 0.15) is 0 Å². The van der Waals surface area contributed by atoms with Crippen LogP contribution in [-0.2, 0) is 19.2 Å². The second kappa shape index (κ2) is 7.41. The summed E-state index contributed by atoms with van der Waals surface area (Å²) in [4.78, 5) is 39.9. The molecule has 0 N–H and O–H groups in total. The first-order valence-corrected chi connectivity index (χ1v) is 7.46. The van der Waals surface area contributed by atoms with Gasteiger partial charge >= 0.3 is 5.97 Å². The zero-order chi connectivity index (χ0) is 15.2. The Kier molecular flexibility index (Phi) is 6.17. The third kappa shape index (κ3) is 4.62. The molecular formula is C15H25NO4. The minimum Gasteiger partial charge on any atom is -0.330 e. The molecule has 5 nitrogen and oxygen atoms in total. The number of hydrogen-bond acceptors (Lipinski definition) is 4. The van der Waals surface area contributed by atoms with Crippen LogP contribution in [0.3, 0.4) is 0 Å². The van der Waals surface area contributed by atoms with Crippen molar-refractivity contribution < 1.29 is 19.2 Å². The van der Waals surface area contributed by atoms with Crippen molar-refractivity contribution in [1.29, 1.82) is 0 Å². The van der Waals surface area contributed by atoms with E-state index in [0.717, 1.165) is 12.8 Å². The second-order valence-electron chi connectivity index (χ2n) is 6.01. The molecule has 1 rings (SSSR count). The summed E-state index contributed by atoms with van der Waals surface area (Å²) in [5.41, 5.74) is -0.671. The molecule has 0 aliphatic carbocycles. The largest absolute Gasteiger partial charge is 0.338 e. The molecule has 0 bridgehead atoms. The SMILES string of the molecule is CCCCCCCC(C)(C)C(=O)ON1C(=O)CCC1=O. The highest BCUT2D eigenvalue weighted by Gasteiger charge is 2.37. The standard InChI is InChI=1S/C15H25NO4/c1-4-5-6-7-8-11-15(2,3)14(19)20-16-12(17)9-10-13(16)18/h4-11H2,1-3H3. The van der Waals surface area contributed by atoms with E-state index in [4.69, 9.17) is 4.84 Å². The lowest BCUT2D eigenvalue weighted by atomic mass is 9.87. The van der Waals surface area contributed by atoms with E-state index >= 15 is 0 Å². The van der Waals surface area contributed by atoms with Gasteiger partial charge in [0.15, 0.2) is 0 Å². The van der Waals surface area contributed by atoms with E-state index < -0.39 is 23.2 Å². The van der Waals surface area contributed by atoms with E-state index in [1.165, 1.54) is 19.3 Å². The van der Waals surface area contributed by atoms with Gasteiger partial charge in [-0.15, -0.1) is 5.06 Å². The van der Waals surface area contributed by atoms with Crippen LogP contribution in [0.5, 0.6) is 0 Å². The first-order valence-electron chi connectivity index (χ1n) is 7.46. The Labute approximate surface area is 120 Å². The zero-order valence-electron chi connectivity index (χ0n) is 12.7. The van der Waals surface area contributed by atoms with E-state index in [0.29, 0.717) is 11.5 Å². The van der Waals surface area contributed by atoms with Crippen LogP contribution in [-0.4, -0.2) is 22.8 Å². The Morgan fingerprint density at radius 3 is 2.20 bits per heavy atom. The highest BCUT2D eigenvalue weighted by atomic mass is 16.7. The fourth-order valence-electron chi connectivity index (χ4n) is 2.14. The first kappa shape index (κ1) is 16.7. The lowest BCUT2D eigenvalue weighted by Gasteiger charge is -2.24. The Hall–Kier alpha value is -1.39. The molecule has 0 aromatic heterocycles. The number of amides is 2. The molecule has 2 amide bonds. The average molecular weight is 283 g/mol. The summed E-state index contributed by atoms with van der Waals surface area (Å²) in [6.45, 7) is 5.74. The van der Waals surface area contributed by atoms with Gasteiger partial charge in [-0.1, -0.05) is 39.0 Å². The number of carbonyl (C=O) groups excluding carboxylic acids is 3. The molecule has 0 aromatic carbocycles. The van der Waals surface area contributed by atoms with Gasteiger partial charge in [0.05, 0.1) is 5.41 Å². The molecule has 1 fully saturated rings. The smallest absolute Gasteiger partial charge is 0.330 e. The van der Waals surface area contributed by atoms with Crippen LogP contribution in [0.4, 0.5) is 0 Å². The van der Waals surface area contributed by atoms with Crippen molar-refractivity contribution in [2.24, 2.45) is 5.41 Å². The second-order valence-corrected chi connectivity index (χ2v) is 6.01. The molecule has 0 atom stereocenters. The van der Waals surface area contributed by atoms with Crippen LogP contribution in [0.25, 0.3) is 0 Å². The third-order valence-corrected chi connectivity index (χ3v) is 3.64. The lowest BCUT2D eigenvalue weighted by Crippen LogP contribution is -2.37. The predicted molar refractivity (Wildman–Crippen MR) is 74.3 cm³/mol. The average Bonchev–Trinajstić information content (AvgIpc) is 2.70. The van der Waals surface area contributed by atoms with Crippen molar-refractivity contribution in [3.8, 4) is 0 Å². The van der Waals surface area contributed by atoms with Gasteiger partial charge < -0.3 is 4.84 Å². The van der Waals surface area contributed by atoms with E-state index in [-0.39, 0.29) is 12.8 Å². The van der Waals surface area contributed by atoms with Crippen molar-refractivity contribution in [3.05, 3.63) is 0 Å². The van der Waals surface area contributed by atoms with Crippen LogP contribution in [0.1, 0.15) is 72.1 Å². The van der Waals surface area contributed by atoms with Crippen LogP contribution in [0, 0.1) is 5.41 Å². The molecule has 1 saturated heterocycles. The fourth-order valence-corrected chi connectivity index (χ4v) is 2.14. The van der Waals surface area contributed by atoms with Gasteiger partial charge in [-0.05, 0) is 20.3 Å². The van der Waals surface area contributed by atoms with Crippen molar-refractivity contribution in [1.82, 2.24) is 5.06 Å². The number of unbranched alkanes of at least 4 members (excludes halogenated alkanes) is 4. The molecule has 20 heavy (non-hydrogen) atoms. The van der Waals surface area contributed by atoms with Crippen molar-refractivity contribution in [2.75, 3.05) is 0 Å². The lowest BCUT2D eigenvalue weighted by molar-refractivity contribution is -0.204. The third-order valence-electron chi connectivity index (χ3n) is 3.64. The van der Waals surface area contributed by atoms with E-state index in [2.05, 4.69) is 6.92 Å². The summed E-state index contributed by atoms with van der Waals surface area (Å²) in [6.07, 6.45) is 6.56. The molecule has 0 radical (unpaired) electrons. The maximum atomic E-state index is 12.1. The summed E-state index contributed by atoms with van der Waals surface area (Å²) < 4.78 is 0. The fraction of sp³-hybridized carbons (Fsp3) is 0.800. The minimum atomic E-state index is -0.671. The van der Waals surface area contributed by atoms with E-state index in [1.807, 2.05) is 0 Å². The summed E-state index contributed by atoms with van der Waals surface area (Å²) in [7, 11) is 0. The molecule has 1 aliphatic heterocycles. The number of rotatable bonds is 8. The van der Waals surface area contributed by atoms with E-state index in [1.54, 1.807) is 13.8 Å². The van der Waals surface area contributed by atoms with Crippen LogP contribution < -0.4 is 0 Å². The van der Waals surface area contributed by atoms with E-state index in [9.17, 15) is 14.4 Å². The Balaban J connectivity index is 2.40. The topological polar surface area (TPSA) is 63.7 Å². The molecule has 5 heteroatoms. The number of hydroxylamine groups is 2. The number of nitrogens with zero attached hydrogens (tertiary/aromatic N) is 1. The summed E-state index contributed by atoms with van der Waals surface area (Å²) in [5, 5.41) is 0.626. The summed E-state index contributed by atoms with van der Waals surface area (Å²) >= 11 is 0. The maximum Gasteiger partial charge on any atom is 0.338 e. The molecule has 0 aromatic rings. The minimum absolute atomic E-state index is 0.129. The first-order chi connectivity index (χ1) is 9.38. The highest BCUT2D eigenvalue weighted by molar-refractivity contribution is 6.01. The van der Waals surface area contributed by atoms with Crippen LogP contribution >= 0.6 is 0 Å². The zero-order valence-corrected chi connectivity index (χ0v) is 12.7. The van der Waals surface area contributed by atoms with Crippen molar-refractivity contribution in [2.45, 2.75) is 72.1 Å². The van der Waals surface area contributed by atoms with Gasteiger partial charge in [0.2, 0.25) is 0 Å². The molecule has 114 valence electrons. The van der Waals surface area contributed by atoms with Crippen LogP contribution in [0.2, 0.25) is 0 Å². The molecule has 0 saturated carbocycles. The maximum absolute atomic E-state index is 12.1. The van der Waals surface area contributed by atoms with Gasteiger partial charge in [-0.2, -0.15) is 0 Å². The molecule has 0 spiro atoms. The van der Waals surface area contributed by atoms with Crippen molar-refractivity contribution >= 4 is 17.8 Å². The number of imide groups is 1. The van der Waals surface area contributed by atoms with Crippen LogP contribution in [0.15, 0.2) is 0 Å². The number of carbonyl (C=O) groups is 3. The predicted octanol–water partition coefficient (Wildman–Crippen LogP) is 2.98. The Bertz CT molecular complexity index is 360. The van der Waals surface area contributed by atoms with Gasteiger partial charge in [-0.3, -0.25) is 9.59 Å². The summed E-state index contributed by atoms with van der Waals surface area (Å²) in [6, 6.07) is 0. The highest BCUT2D eigenvalue weighted by Crippen LogP contribution is 2.27. The van der Waals surface area contributed by atoms with Gasteiger partial charge in [0, 0.05) is 12.8 Å². The Morgan fingerprint density at radius 1 is 1.10 bits per heavy atom. The van der Waals surface area contributed by atoms with Crippen molar-refractivity contribution in [3.63, 3.8) is 0 Å². The Morgan fingerprint density at radius 2 is 1.65 bits per heavy atom. The molecule has 0 unspecified atom stereocenters. The monoisotopic (exact) mass is 283 g/mol.